The maximum absolute atomic E-state index is 12.3. The predicted molar refractivity (Wildman–Crippen MR) is 98.4 cm³/mol. The number of aromatic amines is 1. The Hall–Kier alpha value is -2.70. The number of nitrogens with zero attached hydrogens (tertiary/aromatic N) is 5. The first-order valence-corrected chi connectivity index (χ1v) is 9.95. The zero-order valence-electron chi connectivity index (χ0n) is 14.1. The van der Waals surface area contributed by atoms with Crippen molar-refractivity contribution in [1.82, 2.24) is 23.8 Å². The molecule has 1 saturated heterocycles. The van der Waals surface area contributed by atoms with Crippen molar-refractivity contribution in [3.8, 4) is 6.07 Å². The van der Waals surface area contributed by atoms with E-state index in [1.807, 2.05) is 16.8 Å². The van der Waals surface area contributed by atoms with Crippen molar-refractivity contribution in [1.29, 1.82) is 5.26 Å². The Kier molecular flexibility index (Phi) is 4.01. The second-order valence-electron chi connectivity index (χ2n) is 6.48. The monoisotopic (exact) mass is 370 g/mol. The minimum absolute atomic E-state index is 0.0535. The summed E-state index contributed by atoms with van der Waals surface area (Å²) in [6.45, 7) is 4.72. The smallest absolute Gasteiger partial charge is 0.214 e. The van der Waals surface area contributed by atoms with Gasteiger partial charge in [0.15, 0.2) is 0 Å². The lowest BCUT2D eigenvalue weighted by atomic mass is 10.1. The molecule has 0 radical (unpaired) electrons. The highest BCUT2D eigenvalue weighted by Gasteiger charge is 2.35. The van der Waals surface area contributed by atoms with Crippen molar-refractivity contribution in [2.75, 3.05) is 18.8 Å². The molecule has 0 aromatic carbocycles. The Morgan fingerprint density at radius 2 is 2.23 bits per heavy atom. The van der Waals surface area contributed by atoms with E-state index in [1.165, 1.54) is 4.31 Å². The molecule has 0 unspecified atom stereocenters. The van der Waals surface area contributed by atoms with Crippen molar-refractivity contribution < 1.29 is 8.42 Å². The number of sulfonamides is 1. The van der Waals surface area contributed by atoms with Crippen molar-refractivity contribution in [3.63, 3.8) is 0 Å². The summed E-state index contributed by atoms with van der Waals surface area (Å²) in [4.78, 5) is 11.8. The van der Waals surface area contributed by atoms with Gasteiger partial charge in [-0.1, -0.05) is 6.58 Å². The minimum Gasteiger partial charge on any atom is -0.346 e. The predicted octanol–water partition coefficient (Wildman–Crippen LogP) is 1.95. The van der Waals surface area contributed by atoms with E-state index >= 15 is 0 Å². The summed E-state index contributed by atoms with van der Waals surface area (Å²) >= 11 is 0. The van der Waals surface area contributed by atoms with Crippen molar-refractivity contribution in [3.05, 3.63) is 31.4 Å². The molecule has 0 spiro atoms. The lowest BCUT2D eigenvalue weighted by Gasteiger charge is -2.34. The number of H-pyrrole nitrogens is 1. The number of rotatable bonds is 6. The van der Waals surface area contributed by atoms with Gasteiger partial charge in [-0.3, -0.25) is 0 Å². The fraction of sp³-hybridized carbons (Fsp3) is 0.353. The van der Waals surface area contributed by atoms with Gasteiger partial charge in [-0.2, -0.15) is 9.57 Å². The molecular formula is C17H18N6O2S. The van der Waals surface area contributed by atoms with Crippen LogP contribution in [0.2, 0.25) is 0 Å². The van der Waals surface area contributed by atoms with Crippen molar-refractivity contribution >= 4 is 37.8 Å². The van der Waals surface area contributed by atoms with Gasteiger partial charge in [-0.05, 0) is 18.9 Å². The van der Waals surface area contributed by atoms with E-state index in [0.29, 0.717) is 25.9 Å². The van der Waals surface area contributed by atoms with Crippen molar-refractivity contribution in [2.45, 2.75) is 12.8 Å². The van der Waals surface area contributed by atoms with E-state index in [4.69, 9.17) is 5.26 Å². The molecule has 8 nitrogen and oxygen atoms in total. The fourth-order valence-corrected chi connectivity index (χ4v) is 4.78. The van der Waals surface area contributed by atoms with Crippen LogP contribution in [0.25, 0.3) is 27.8 Å². The van der Waals surface area contributed by atoms with Crippen LogP contribution in [-0.4, -0.2) is 51.1 Å². The molecule has 1 aliphatic rings. The number of nitriles is 1. The molecule has 3 aromatic heterocycles. The summed E-state index contributed by atoms with van der Waals surface area (Å²) in [7, 11) is -3.30. The normalized spacial score (nSPS) is 16.0. The van der Waals surface area contributed by atoms with Gasteiger partial charge < -0.3 is 9.55 Å². The maximum Gasteiger partial charge on any atom is 0.214 e. The number of hydrogen-bond acceptors (Lipinski definition) is 5. The Labute approximate surface area is 150 Å². The molecule has 4 heterocycles. The molecule has 0 aliphatic carbocycles. The molecule has 0 bridgehead atoms. The second kappa shape index (κ2) is 6.23. The molecule has 1 N–H and O–H groups in total. The molecular weight excluding hydrogens is 352 g/mol. The molecule has 0 atom stereocenters. The van der Waals surface area contributed by atoms with Crippen LogP contribution < -0.4 is 0 Å². The number of fused-ring (bicyclic) bond motifs is 3. The summed E-state index contributed by atoms with van der Waals surface area (Å²) in [5.41, 5.74) is 3.26. The molecule has 134 valence electrons. The van der Waals surface area contributed by atoms with Crippen molar-refractivity contribution in [2.24, 2.45) is 5.92 Å². The summed E-state index contributed by atoms with van der Waals surface area (Å²) in [6, 6.07) is 4.03. The molecule has 26 heavy (non-hydrogen) atoms. The summed E-state index contributed by atoms with van der Waals surface area (Å²) in [5, 5.41) is 9.73. The summed E-state index contributed by atoms with van der Waals surface area (Å²) in [5.74, 6) is -0.118. The van der Waals surface area contributed by atoms with E-state index in [9.17, 15) is 8.42 Å². The van der Waals surface area contributed by atoms with E-state index in [-0.39, 0.29) is 11.7 Å². The highest BCUT2D eigenvalue weighted by atomic mass is 32.2. The zero-order valence-corrected chi connectivity index (χ0v) is 14.9. The fourth-order valence-electron chi connectivity index (χ4n) is 3.20. The van der Waals surface area contributed by atoms with Crippen LogP contribution in [-0.2, 0) is 10.0 Å². The Balaban J connectivity index is 1.45. The highest BCUT2D eigenvalue weighted by molar-refractivity contribution is 7.89. The number of imidazole rings is 1. The molecule has 4 rings (SSSR count). The third-order valence-electron chi connectivity index (χ3n) is 4.72. The largest absolute Gasteiger partial charge is 0.346 e. The molecule has 9 heteroatoms. The van der Waals surface area contributed by atoms with Gasteiger partial charge >= 0.3 is 0 Å². The number of aromatic nitrogens is 4. The SMILES string of the molecule is C=C(CCCS(=O)(=O)N1CC(C#N)C1)n1cnc2cnc3[nH]ccc3c21. The first kappa shape index (κ1) is 16.8. The van der Waals surface area contributed by atoms with Crippen LogP contribution in [0.3, 0.4) is 0 Å². The lowest BCUT2D eigenvalue weighted by Crippen LogP contribution is -2.50. The van der Waals surface area contributed by atoms with E-state index < -0.39 is 10.0 Å². The van der Waals surface area contributed by atoms with Crippen LogP contribution in [0, 0.1) is 17.2 Å². The molecule has 1 aliphatic heterocycles. The number of allylic oxidation sites excluding steroid dienone is 1. The number of nitrogens with one attached hydrogen (secondary N) is 1. The van der Waals surface area contributed by atoms with Gasteiger partial charge in [0.2, 0.25) is 10.0 Å². The molecule has 0 saturated carbocycles. The Morgan fingerprint density at radius 3 is 3.00 bits per heavy atom. The molecule has 1 fully saturated rings. The quantitative estimate of drug-likeness (QED) is 0.713. The average molecular weight is 370 g/mol. The van der Waals surface area contributed by atoms with Gasteiger partial charge in [-0.25, -0.2) is 18.4 Å². The lowest BCUT2D eigenvalue weighted by molar-refractivity contribution is 0.248. The summed E-state index contributed by atoms with van der Waals surface area (Å²) in [6.07, 6.45) is 6.23. The van der Waals surface area contributed by atoms with E-state index in [2.05, 4.69) is 27.6 Å². The van der Waals surface area contributed by atoms with Crippen LogP contribution in [0.1, 0.15) is 12.8 Å². The minimum atomic E-state index is -3.30. The first-order chi connectivity index (χ1) is 12.5. The standard InChI is InChI=1S/C17H18N6O2S/c1-12(3-2-6-26(24,25)22-9-13(7-18)10-22)23-11-21-15-8-20-17-14(16(15)23)4-5-19-17/h4-5,8,11,13H,1-3,6,9-10H2,(H,19,20). The van der Waals surface area contributed by atoms with Gasteiger partial charge in [0, 0.05) is 30.4 Å². The first-order valence-electron chi connectivity index (χ1n) is 8.34. The number of pyridine rings is 1. The van der Waals surface area contributed by atoms with Gasteiger partial charge in [0.25, 0.3) is 0 Å². The average Bonchev–Trinajstić information content (AvgIpc) is 3.19. The third kappa shape index (κ3) is 2.77. The van der Waals surface area contributed by atoms with Gasteiger partial charge in [-0.15, -0.1) is 0 Å². The second-order valence-corrected chi connectivity index (χ2v) is 8.56. The van der Waals surface area contributed by atoms with Crippen LogP contribution in [0.15, 0.2) is 31.4 Å². The summed E-state index contributed by atoms with van der Waals surface area (Å²) < 4.78 is 27.8. The topological polar surface area (TPSA) is 108 Å². The van der Waals surface area contributed by atoms with Crippen LogP contribution in [0.5, 0.6) is 0 Å². The van der Waals surface area contributed by atoms with Crippen LogP contribution in [0.4, 0.5) is 0 Å². The van der Waals surface area contributed by atoms with Gasteiger partial charge in [0.1, 0.15) is 17.5 Å². The number of hydrogen-bond donors (Lipinski definition) is 1. The highest BCUT2D eigenvalue weighted by Crippen LogP contribution is 2.26. The van der Waals surface area contributed by atoms with E-state index in [1.54, 1.807) is 12.5 Å². The Morgan fingerprint density at radius 1 is 1.42 bits per heavy atom. The van der Waals surface area contributed by atoms with Crippen LogP contribution >= 0.6 is 0 Å². The third-order valence-corrected chi connectivity index (χ3v) is 6.61. The zero-order chi connectivity index (χ0) is 18.3. The molecule has 3 aromatic rings. The maximum atomic E-state index is 12.3. The van der Waals surface area contributed by atoms with Gasteiger partial charge in [0.05, 0.1) is 29.5 Å². The van der Waals surface area contributed by atoms with E-state index in [0.717, 1.165) is 27.8 Å². The Bertz CT molecular complexity index is 1130. The molecule has 0 amide bonds.